The van der Waals surface area contributed by atoms with Crippen LogP contribution in [0.3, 0.4) is 0 Å². The molecule has 0 spiro atoms. The normalized spacial score (nSPS) is 19.5. The molecule has 2 N–H and O–H groups in total. The van der Waals surface area contributed by atoms with Crippen molar-refractivity contribution in [3.05, 3.63) is 17.5 Å². The summed E-state index contributed by atoms with van der Waals surface area (Å²) in [6, 6.07) is -1.88. The van der Waals surface area contributed by atoms with Crippen LogP contribution in [0.1, 0.15) is 30.6 Å². The Labute approximate surface area is 137 Å². The molecule has 2 rings (SSSR count). The van der Waals surface area contributed by atoms with E-state index in [1.165, 1.54) is 0 Å². The SMILES string of the molecule is Cc1nn(C)cc1[C@@H](C)NC(=O)N[C@@H]1CCN(CC(F)(F)F)C1=O. The lowest BCUT2D eigenvalue weighted by Crippen LogP contribution is -2.47. The number of nitrogens with zero attached hydrogens (tertiary/aromatic N) is 3. The summed E-state index contributed by atoms with van der Waals surface area (Å²) in [6.45, 7) is 2.24. The van der Waals surface area contributed by atoms with E-state index in [2.05, 4.69) is 15.7 Å². The third kappa shape index (κ3) is 4.39. The van der Waals surface area contributed by atoms with E-state index < -0.39 is 30.7 Å². The van der Waals surface area contributed by atoms with Gasteiger partial charge >= 0.3 is 12.2 Å². The number of carbonyl (C=O) groups is 2. The van der Waals surface area contributed by atoms with Gasteiger partial charge in [-0.25, -0.2) is 4.79 Å². The summed E-state index contributed by atoms with van der Waals surface area (Å²) in [5, 5.41) is 9.28. The number of aryl methyl sites for hydroxylation is 2. The number of likely N-dealkylation sites (tertiary alicyclic amines) is 1. The fraction of sp³-hybridized carbons (Fsp3) is 0.643. The summed E-state index contributed by atoms with van der Waals surface area (Å²) >= 11 is 0. The second kappa shape index (κ2) is 6.70. The molecule has 24 heavy (non-hydrogen) atoms. The summed E-state index contributed by atoms with van der Waals surface area (Å²) in [5.74, 6) is -0.715. The van der Waals surface area contributed by atoms with Gasteiger partial charge in [0, 0.05) is 25.4 Å². The van der Waals surface area contributed by atoms with E-state index in [-0.39, 0.29) is 19.0 Å². The zero-order chi connectivity index (χ0) is 18.1. The minimum Gasteiger partial charge on any atom is -0.332 e. The molecule has 0 saturated carbocycles. The lowest BCUT2D eigenvalue weighted by atomic mass is 10.1. The Balaban J connectivity index is 1.89. The Hall–Kier alpha value is -2.26. The zero-order valence-electron chi connectivity index (χ0n) is 13.6. The molecule has 1 aliphatic rings. The Morgan fingerprint density at radius 1 is 1.50 bits per heavy atom. The van der Waals surface area contributed by atoms with E-state index in [1.54, 1.807) is 31.8 Å². The van der Waals surface area contributed by atoms with Crippen molar-refractivity contribution in [2.24, 2.45) is 7.05 Å². The number of rotatable bonds is 4. The summed E-state index contributed by atoms with van der Waals surface area (Å²) < 4.78 is 38.7. The van der Waals surface area contributed by atoms with Crippen LogP contribution >= 0.6 is 0 Å². The van der Waals surface area contributed by atoms with Gasteiger partial charge in [-0.2, -0.15) is 18.3 Å². The van der Waals surface area contributed by atoms with E-state index in [0.29, 0.717) is 4.90 Å². The van der Waals surface area contributed by atoms with E-state index in [4.69, 9.17) is 0 Å². The molecule has 1 aliphatic heterocycles. The van der Waals surface area contributed by atoms with Crippen LogP contribution in [-0.4, -0.2) is 51.9 Å². The van der Waals surface area contributed by atoms with Gasteiger partial charge in [0.05, 0.1) is 11.7 Å². The van der Waals surface area contributed by atoms with Crippen molar-refractivity contribution >= 4 is 11.9 Å². The number of amides is 3. The lowest BCUT2D eigenvalue weighted by Gasteiger charge is -2.19. The maximum absolute atomic E-state index is 12.4. The fourth-order valence-corrected chi connectivity index (χ4v) is 2.76. The number of carbonyl (C=O) groups excluding carboxylic acids is 2. The van der Waals surface area contributed by atoms with Gasteiger partial charge in [-0.15, -0.1) is 0 Å². The molecule has 0 unspecified atom stereocenters. The van der Waals surface area contributed by atoms with Gasteiger partial charge in [0.25, 0.3) is 0 Å². The van der Waals surface area contributed by atoms with Gasteiger partial charge in [-0.05, 0) is 20.3 Å². The molecule has 1 fully saturated rings. The number of aromatic nitrogens is 2. The predicted molar refractivity (Wildman–Crippen MR) is 79.1 cm³/mol. The Bertz CT molecular complexity index is 628. The summed E-state index contributed by atoms with van der Waals surface area (Å²) in [6.07, 6.45) is -2.52. The van der Waals surface area contributed by atoms with Crippen LogP contribution in [0.4, 0.5) is 18.0 Å². The first-order chi connectivity index (χ1) is 11.1. The van der Waals surface area contributed by atoms with Crippen LogP contribution in [0.15, 0.2) is 6.20 Å². The van der Waals surface area contributed by atoms with Gasteiger partial charge in [0.2, 0.25) is 5.91 Å². The molecule has 134 valence electrons. The number of nitrogens with one attached hydrogen (secondary N) is 2. The van der Waals surface area contributed by atoms with Crippen molar-refractivity contribution in [1.82, 2.24) is 25.3 Å². The number of hydrogen-bond donors (Lipinski definition) is 2. The van der Waals surface area contributed by atoms with Crippen LogP contribution in [-0.2, 0) is 11.8 Å². The highest BCUT2D eigenvalue weighted by atomic mass is 19.4. The molecule has 1 aromatic heterocycles. The molecule has 0 radical (unpaired) electrons. The molecule has 2 heterocycles. The highest BCUT2D eigenvalue weighted by molar-refractivity contribution is 5.88. The first kappa shape index (κ1) is 18.1. The van der Waals surface area contributed by atoms with Gasteiger partial charge in [0.1, 0.15) is 12.6 Å². The van der Waals surface area contributed by atoms with Gasteiger partial charge in [0.15, 0.2) is 0 Å². The summed E-state index contributed by atoms with van der Waals surface area (Å²) in [7, 11) is 1.76. The molecule has 3 amide bonds. The third-order valence-corrected chi connectivity index (χ3v) is 3.84. The molecule has 0 aliphatic carbocycles. The van der Waals surface area contributed by atoms with Gasteiger partial charge in [-0.1, -0.05) is 0 Å². The third-order valence-electron chi connectivity index (χ3n) is 3.84. The van der Waals surface area contributed by atoms with E-state index >= 15 is 0 Å². The smallest absolute Gasteiger partial charge is 0.332 e. The minimum absolute atomic E-state index is 0.0272. The Morgan fingerprint density at radius 2 is 2.17 bits per heavy atom. The van der Waals surface area contributed by atoms with Crippen molar-refractivity contribution in [1.29, 1.82) is 0 Å². The van der Waals surface area contributed by atoms with E-state index in [0.717, 1.165) is 11.3 Å². The average Bonchev–Trinajstić information content (AvgIpc) is 2.93. The predicted octanol–water partition coefficient (Wildman–Crippen LogP) is 1.25. The highest BCUT2D eigenvalue weighted by Crippen LogP contribution is 2.21. The monoisotopic (exact) mass is 347 g/mol. The van der Waals surface area contributed by atoms with Crippen LogP contribution in [0.25, 0.3) is 0 Å². The second-order valence-electron chi connectivity index (χ2n) is 5.90. The molecule has 2 atom stereocenters. The Morgan fingerprint density at radius 3 is 2.71 bits per heavy atom. The second-order valence-corrected chi connectivity index (χ2v) is 5.90. The van der Waals surface area contributed by atoms with Crippen molar-refractivity contribution in [3.8, 4) is 0 Å². The van der Waals surface area contributed by atoms with Crippen molar-refractivity contribution < 1.29 is 22.8 Å². The van der Waals surface area contributed by atoms with Crippen molar-refractivity contribution in [3.63, 3.8) is 0 Å². The summed E-state index contributed by atoms with van der Waals surface area (Å²) in [5.41, 5.74) is 1.59. The van der Waals surface area contributed by atoms with Gasteiger partial charge in [-0.3, -0.25) is 9.48 Å². The standard InChI is InChI=1S/C14H20F3N5O2/c1-8(10-6-21(3)20-9(10)2)18-13(24)19-11-4-5-22(12(11)23)7-14(15,16)17/h6,8,11H,4-5,7H2,1-3H3,(H2,18,19,24)/t8-,11-/m1/s1. The van der Waals surface area contributed by atoms with Crippen molar-refractivity contribution in [2.75, 3.05) is 13.1 Å². The molecule has 0 aromatic carbocycles. The largest absolute Gasteiger partial charge is 0.406 e. The van der Waals surface area contributed by atoms with Crippen LogP contribution < -0.4 is 10.6 Å². The number of urea groups is 1. The number of halogens is 3. The number of alkyl halides is 3. The van der Waals surface area contributed by atoms with Crippen LogP contribution in [0.5, 0.6) is 0 Å². The first-order valence-corrected chi connectivity index (χ1v) is 7.49. The van der Waals surface area contributed by atoms with Gasteiger partial charge < -0.3 is 15.5 Å². The lowest BCUT2D eigenvalue weighted by molar-refractivity contribution is -0.157. The highest BCUT2D eigenvalue weighted by Gasteiger charge is 2.39. The molecule has 0 bridgehead atoms. The number of hydrogen-bond acceptors (Lipinski definition) is 3. The maximum atomic E-state index is 12.4. The maximum Gasteiger partial charge on any atom is 0.406 e. The average molecular weight is 347 g/mol. The zero-order valence-corrected chi connectivity index (χ0v) is 13.6. The fourth-order valence-electron chi connectivity index (χ4n) is 2.76. The van der Waals surface area contributed by atoms with Crippen LogP contribution in [0, 0.1) is 6.92 Å². The molecular weight excluding hydrogens is 327 g/mol. The Kier molecular flexibility index (Phi) is 5.05. The molecule has 1 saturated heterocycles. The molecule has 7 nitrogen and oxygen atoms in total. The molecular formula is C14H20F3N5O2. The topological polar surface area (TPSA) is 79.3 Å². The van der Waals surface area contributed by atoms with Crippen molar-refractivity contribution in [2.45, 2.75) is 38.5 Å². The van der Waals surface area contributed by atoms with E-state index in [1.807, 2.05) is 0 Å². The molecule has 1 aromatic rings. The van der Waals surface area contributed by atoms with E-state index in [9.17, 15) is 22.8 Å². The van der Waals surface area contributed by atoms with Crippen LogP contribution in [0.2, 0.25) is 0 Å². The first-order valence-electron chi connectivity index (χ1n) is 7.49. The summed E-state index contributed by atoms with van der Waals surface area (Å²) in [4.78, 5) is 24.6. The molecule has 10 heteroatoms. The minimum atomic E-state index is -4.45. The quantitative estimate of drug-likeness (QED) is 0.860.